The molecule has 0 radical (unpaired) electrons. The first-order valence-corrected chi connectivity index (χ1v) is 11.7. The van der Waals surface area contributed by atoms with Gasteiger partial charge in [-0.1, -0.05) is 42.5 Å². The molecular weight excluding hydrogens is 436 g/mol. The van der Waals surface area contributed by atoms with E-state index < -0.39 is 0 Å². The van der Waals surface area contributed by atoms with E-state index in [2.05, 4.69) is 5.32 Å². The first-order chi connectivity index (χ1) is 16.2. The number of rotatable bonds is 5. The minimum absolute atomic E-state index is 0.0633. The fraction of sp³-hybridized carbons (Fsp3) is 0.154. The average molecular weight is 459 g/mol. The zero-order valence-electron chi connectivity index (χ0n) is 17.8. The summed E-state index contributed by atoms with van der Waals surface area (Å²) in [6, 6.07) is 20.9. The molecule has 0 aliphatic carbocycles. The van der Waals surface area contributed by atoms with Crippen molar-refractivity contribution in [3.05, 3.63) is 83.9 Å². The monoisotopic (exact) mass is 458 g/mol. The highest BCUT2D eigenvalue weighted by Crippen LogP contribution is 2.36. The Bertz CT molecular complexity index is 1230. The van der Waals surface area contributed by atoms with Crippen LogP contribution in [0, 0.1) is 0 Å². The van der Waals surface area contributed by atoms with Crippen molar-refractivity contribution in [3.63, 3.8) is 0 Å². The number of hydrogen-bond donors (Lipinski definition) is 1. The molecule has 0 atom stereocenters. The summed E-state index contributed by atoms with van der Waals surface area (Å²) in [4.78, 5) is 28.1. The average Bonchev–Trinajstić information content (AvgIpc) is 2.86. The maximum atomic E-state index is 13.6. The maximum Gasteiger partial charge on any atom is 0.258 e. The van der Waals surface area contributed by atoms with E-state index >= 15 is 0 Å². The van der Waals surface area contributed by atoms with Crippen LogP contribution in [-0.2, 0) is 4.79 Å². The molecule has 0 aromatic heterocycles. The van der Waals surface area contributed by atoms with Crippen LogP contribution in [0.25, 0.3) is 6.08 Å². The van der Waals surface area contributed by atoms with E-state index in [1.807, 2.05) is 66.7 Å². The van der Waals surface area contributed by atoms with Gasteiger partial charge in [-0.2, -0.15) is 0 Å². The molecule has 33 heavy (non-hydrogen) atoms. The standard InChI is InChI=1S/C26H22N2O4S/c29-25-17-33-24-11-8-19(15-21(24)27-25)26(30)28(12-4-7-18-5-2-1-3-6-18)20-9-10-22-23(16-20)32-14-13-31-22/h1-11,15-16H,12-14,17H2,(H,27,29). The van der Waals surface area contributed by atoms with Crippen molar-refractivity contribution < 1.29 is 19.1 Å². The van der Waals surface area contributed by atoms with E-state index in [4.69, 9.17) is 9.47 Å². The molecule has 2 heterocycles. The normalized spacial score (nSPS) is 14.5. The van der Waals surface area contributed by atoms with Gasteiger partial charge in [0, 0.05) is 28.8 Å². The molecule has 0 unspecified atom stereocenters. The third-order valence-corrected chi connectivity index (χ3v) is 6.41. The Labute approximate surface area is 196 Å². The van der Waals surface area contributed by atoms with Crippen LogP contribution in [0.15, 0.2) is 77.7 Å². The van der Waals surface area contributed by atoms with Crippen LogP contribution >= 0.6 is 11.8 Å². The van der Waals surface area contributed by atoms with E-state index in [9.17, 15) is 9.59 Å². The number of fused-ring (bicyclic) bond motifs is 2. The van der Waals surface area contributed by atoms with Crippen LogP contribution < -0.4 is 19.7 Å². The lowest BCUT2D eigenvalue weighted by Crippen LogP contribution is -2.31. The molecule has 5 rings (SSSR count). The zero-order chi connectivity index (χ0) is 22.6. The summed E-state index contributed by atoms with van der Waals surface area (Å²) < 4.78 is 11.4. The van der Waals surface area contributed by atoms with Gasteiger partial charge in [0.15, 0.2) is 11.5 Å². The lowest BCUT2D eigenvalue weighted by molar-refractivity contribution is -0.113. The van der Waals surface area contributed by atoms with E-state index in [1.165, 1.54) is 11.8 Å². The lowest BCUT2D eigenvalue weighted by atomic mass is 10.1. The van der Waals surface area contributed by atoms with E-state index in [0.717, 1.165) is 10.5 Å². The van der Waals surface area contributed by atoms with Gasteiger partial charge in [0.05, 0.1) is 11.4 Å². The number of amides is 2. The van der Waals surface area contributed by atoms with Gasteiger partial charge in [-0.3, -0.25) is 9.59 Å². The van der Waals surface area contributed by atoms with Crippen molar-refractivity contribution in [1.82, 2.24) is 0 Å². The SMILES string of the molecule is O=C1CSc2ccc(C(=O)N(CC=Cc3ccccc3)c3ccc4c(c3)OCCO4)cc2N1. The van der Waals surface area contributed by atoms with Gasteiger partial charge in [0.2, 0.25) is 5.91 Å². The van der Waals surface area contributed by atoms with Gasteiger partial charge in [-0.15, -0.1) is 11.8 Å². The Morgan fingerprint density at radius 3 is 2.67 bits per heavy atom. The molecule has 0 spiro atoms. The molecular formula is C26H22N2O4S. The van der Waals surface area contributed by atoms with Crippen molar-refractivity contribution in [2.24, 2.45) is 0 Å². The summed E-state index contributed by atoms with van der Waals surface area (Å²) in [6.07, 6.45) is 3.95. The molecule has 2 aliphatic heterocycles. The minimum atomic E-state index is -0.169. The number of carbonyl (C=O) groups excluding carboxylic acids is 2. The Morgan fingerprint density at radius 2 is 1.82 bits per heavy atom. The summed E-state index contributed by atoms with van der Waals surface area (Å²) in [6.45, 7) is 1.35. The van der Waals surface area contributed by atoms with Crippen LogP contribution in [0.3, 0.4) is 0 Å². The Morgan fingerprint density at radius 1 is 1.00 bits per heavy atom. The summed E-state index contributed by atoms with van der Waals surface area (Å²) in [7, 11) is 0. The van der Waals surface area contributed by atoms with Gasteiger partial charge in [0.25, 0.3) is 5.91 Å². The van der Waals surface area contributed by atoms with Gasteiger partial charge in [0.1, 0.15) is 13.2 Å². The van der Waals surface area contributed by atoms with Crippen LogP contribution in [0.2, 0.25) is 0 Å². The van der Waals surface area contributed by atoms with Crippen molar-refractivity contribution in [2.75, 3.05) is 35.7 Å². The smallest absolute Gasteiger partial charge is 0.258 e. The van der Waals surface area contributed by atoms with Crippen molar-refractivity contribution in [3.8, 4) is 11.5 Å². The second kappa shape index (κ2) is 9.42. The zero-order valence-corrected chi connectivity index (χ0v) is 18.6. The first-order valence-electron chi connectivity index (χ1n) is 10.7. The fourth-order valence-electron chi connectivity index (χ4n) is 3.74. The molecule has 6 nitrogen and oxygen atoms in total. The highest BCUT2D eigenvalue weighted by Gasteiger charge is 2.23. The maximum absolute atomic E-state index is 13.6. The molecule has 7 heteroatoms. The van der Waals surface area contributed by atoms with E-state index in [-0.39, 0.29) is 11.8 Å². The van der Waals surface area contributed by atoms with Gasteiger partial charge in [-0.25, -0.2) is 0 Å². The van der Waals surface area contributed by atoms with Crippen molar-refractivity contribution >= 4 is 41.0 Å². The number of hydrogen-bond acceptors (Lipinski definition) is 5. The molecule has 0 saturated carbocycles. The molecule has 3 aromatic carbocycles. The Hall–Kier alpha value is -3.71. The number of thioether (sulfide) groups is 1. The van der Waals surface area contributed by atoms with Gasteiger partial charge >= 0.3 is 0 Å². The number of nitrogens with zero attached hydrogens (tertiary/aromatic N) is 1. The van der Waals surface area contributed by atoms with E-state index in [1.54, 1.807) is 17.0 Å². The number of nitrogens with one attached hydrogen (secondary N) is 1. The van der Waals surface area contributed by atoms with Crippen LogP contribution in [0.5, 0.6) is 11.5 Å². The fourth-order valence-corrected chi connectivity index (χ4v) is 4.52. The molecule has 1 N–H and O–H groups in total. The Balaban J connectivity index is 1.46. The summed E-state index contributed by atoms with van der Waals surface area (Å²) >= 11 is 1.47. The summed E-state index contributed by atoms with van der Waals surface area (Å²) in [5.74, 6) is 1.44. The van der Waals surface area contributed by atoms with Crippen LogP contribution in [0.1, 0.15) is 15.9 Å². The quantitative estimate of drug-likeness (QED) is 0.591. The number of carbonyl (C=O) groups is 2. The second-order valence-corrected chi connectivity index (χ2v) is 8.62. The van der Waals surface area contributed by atoms with Gasteiger partial charge < -0.3 is 19.7 Å². The molecule has 0 bridgehead atoms. The molecule has 2 amide bonds. The summed E-state index contributed by atoms with van der Waals surface area (Å²) in [5.41, 5.74) is 2.93. The number of benzene rings is 3. The highest BCUT2D eigenvalue weighted by atomic mass is 32.2. The highest BCUT2D eigenvalue weighted by molar-refractivity contribution is 8.00. The Kier molecular flexibility index (Phi) is 6.04. The largest absolute Gasteiger partial charge is 0.486 e. The van der Waals surface area contributed by atoms with Crippen LogP contribution in [-0.4, -0.2) is 37.3 Å². The molecule has 166 valence electrons. The first kappa shape index (κ1) is 21.2. The van der Waals surface area contributed by atoms with Gasteiger partial charge in [-0.05, 0) is 35.9 Å². The minimum Gasteiger partial charge on any atom is -0.486 e. The topological polar surface area (TPSA) is 67.9 Å². The predicted octanol–water partition coefficient (Wildman–Crippen LogP) is 4.86. The van der Waals surface area contributed by atoms with Crippen molar-refractivity contribution in [1.29, 1.82) is 0 Å². The van der Waals surface area contributed by atoms with E-state index in [0.29, 0.717) is 53.9 Å². The number of ether oxygens (including phenoxy) is 2. The summed E-state index contributed by atoms with van der Waals surface area (Å²) in [5, 5.41) is 2.86. The van der Waals surface area contributed by atoms with Crippen LogP contribution in [0.4, 0.5) is 11.4 Å². The predicted molar refractivity (Wildman–Crippen MR) is 130 cm³/mol. The number of anilines is 2. The molecule has 0 saturated heterocycles. The molecule has 3 aromatic rings. The van der Waals surface area contributed by atoms with Crippen molar-refractivity contribution in [2.45, 2.75) is 4.90 Å². The third kappa shape index (κ3) is 4.73. The second-order valence-electron chi connectivity index (χ2n) is 7.60. The third-order valence-electron chi connectivity index (χ3n) is 5.34. The molecule has 0 fully saturated rings. The molecule has 2 aliphatic rings. The lowest BCUT2D eigenvalue weighted by Gasteiger charge is -2.25.